The molecule has 0 atom stereocenters. The summed E-state index contributed by atoms with van der Waals surface area (Å²) in [5.74, 6) is 0.0858. The van der Waals surface area contributed by atoms with Crippen LogP contribution >= 0.6 is 22.7 Å². The Labute approximate surface area is 156 Å². The van der Waals surface area contributed by atoms with E-state index in [1.54, 1.807) is 27.6 Å². The maximum atomic E-state index is 12.7. The molecule has 0 saturated carbocycles. The molecule has 130 valence electrons. The molecule has 1 amide bonds. The molecule has 3 rings (SSSR count). The zero-order chi connectivity index (χ0) is 18.0. The smallest absolute Gasteiger partial charge is 0.228 e. The quantitative estimate of drug-likeness (QED) is 0.668. The molecule has 0 radical (unpaired) electrons. The topological polar surface area (TPSA) is 46.1 Å². The Hall–Kier alpha value is -2.05. The van der Waals surface area contributed by atoms with Gasteiger partial charge in [0.05, 0.1) is 34.4 Å². The number of aryl methyl sites for hydroxylation is 3. The number of carbonyl (C=O) groups excluding carboxylic acids is 1. The molecule has 3 aromatic rings. The van der Waals surface area contributed by atoms with Gasteiger partial charge in [0, 0.05) is 22.9 Å². The molecule has 0 N–H and O–H groups in total. The standard InChI is InChI=1S/C19H21N3OS2/c1-12-5-7-15(8-6-12)19-17(25-14(3)21-19)9-18(23)22(4)10-16-11-24-13(2)20-16/h5-8,11H,9-10H2,1-4H3. The average Bonchev–Trinajstić information content (AvgIpc) is 3.13. The zero-order valence-electron chi connectivity index (χ0n) is 14.9. The number of aromatic nitrogens is 2. The van der Waals surface area contributed by atoms with Crippen molar-refractivity contribution in [1.29, 1.82) is 0 Å². The third-order valence-electron chi connectivity index (χ3n) is 3.93. The van der Waals surface area contributed by atoms with Crippen molar-refractivity contribution in [1.82, 2.24) is 14.9 Å². The van der Waals surface area contributed by atoms with E-state index in [0.29, 0.717) is 13.0 Å². The second-order valence-corrected chi connectivity index (χ2v) is 8.51. The van der Waals surface area contributed by atoms with E-state index in [9.17, 15) is 4.79 Å². The molecule has 25 heavy (non-hydrogen) atoms. The van der Waals surface area contributed by atoms with Crippen molar-refractivity contribution in [2.75, 3.05) is 7.05 Å². The SMILES string of the molecule is Cc1ccc(-c2nc(C)sc2CC(=O)N(C)Cc2csc(C)n2)cc1. The fourth-order valence-corrected chi connectivity index (χ4v) is 4.16. The van der Waals surface area contributed by atoms with E-state index in [1.807, 2.05) is 26.3 Å². The summed E-state index contributed by atoms with van der Waals surface area (Å²) >= 11 is 3.21. The van der Waals surface area contributed by atoms with Crippen molar-refractivity contribution in [3.05, 3.63) is 55.8 Å². The number of nitrogens with zero attached hydrogens (tertiary/aromatic N) is 3. The first-order valence-electron chi connectivity index (χ1n) is 8.10. The highest BCUT2D eigenvalue weighted by Gasteiger charge is 2.18. The highest BCUT2D eigenvalue weighted by molar-refractivity contribution is 7.12. The Bertz CT molecular complexity index is 880. The maximum absolute atomic E-state index is 12.7. The Kier molecular flexibility index (Phi) is 5.30. The summed E-state index contributed by atoms with van der Waals surface area (Å²) in [4.78, 5) is 24.5. The van der Waals surface area contributed by atoms with Crippen LogP contribution in [0.1, 0.15) is 26.1 Å². The van der Waals surface area contributed by atoms with Gasteiger partial charge in [-0.1, -0.05) is 29.8 Å². The Balaban J connectivity index is 1.76. The molecular weight excluding hydrogens is 350 g/mol. The van der Waals surface area contributed by atoms with Crippen molar-refractivity contribution in [3.63, 3.8) is 0 Å². The minimum Gasteiger partial charge on any atom is -0.340 e. The van der Waals surface area contributed by atoms with Crippen molar-refractivity contribution in [2.45, 2.75) is 33.7 Å². The molecule has 0 saturated heterocycles. The van der Waals surface area contributed by atoms with Crippen molar-refractivity contribution in [2.24, 2.45) is 0 Å². The summed E-state index contributed by atoms with van der Waals surface area (Å²) in [5, 5.41) is 4.01. The summed E-state index contributed by atoms with van der Waals surface area (Å²) < 4.78 is 0. The van der Waals surface area contributed by atoms with Crippen LogP contribution in [0.5, 0.6) is 0 Å². The highest BCUT2D eigenvalue weighted by atomic mass is 32.1. The van der Waals surface area contributed by atoms with Crippen LogP contribution in [0.15, 0.2) is 29.6 Å². The largest absolute Gasteiger partial charge is 0.340 e. The van der Waals surface area contributed by atoms with Gasteiger partial charge < -0.3 is 4.90 Å². The lowest BCUT2D eigenvalue weighted by Gasteiger charge is -2.15. The first kappa shape index (κ1) is 17.8. The lowest BCUT2D eigenvalue weighted by Crippen LogP contribution is -2.27. The third-order valence-corrected chi connectivity index (χ3v) is 5.73. The number of likely N-dealkylation sites (N-methyl/N-ethyl adjacent to an activating group) is 1. The molecule has 2 heterocycles. The van der Waals surface area contributed by atoms with Gasteiger partial charge in [0.15, 0.2) is 0 Å². The zero-order valence-corrected chi connectivity index (χ0v) is 16.5. The lowest BCUT2D eigenvalue weighted by atomic mass is 10.1. The van der Waals surface area contributed by atoms with E-state index in [2.05, 4.69) is 41.2 Å². The molecule has 0 unspecified atom stereocenters. The fraction of sp³-hybridized carbons (Fsp3) is 0.316. The summed E-state index contributed by atoms with van der Waals surface area (Å²) in [6, 6.07) is 8.29. The van der Waals surface area contributed by atoms with Gasteiger partial charge in [-0.15, -0.1) is 22.7 Å². The first-order valence-corrected chi connectivity index (χ1v) is 9.80. The highest BCUT2D eigenvalue weighted by Crippen LogP contribution is 2.29. The molecule has 1 aromatic carbocycles. The van der Waals surface area contributed by atoms with Crippen LogP contribution in [0, 0.1) is 20.8 Å². The molecule has 6 heteroatoms. The molecule has 0 spiro atoms. The predicted molar refractivity (Wildman–Crippen MR) is 104 cm³/mol. The van der Waals surface area contributed by atoms with E-state index in [1.165, 1.54) is 5.56 Å². The van der Waals surface area contributed by atoms with Crippen molar-refractivity contribution >= 4 is 28.6 Å². The van der Waals surface area contributed by atoms with Gasteiger partial charge in [0.1, 0.15) is 0 Å². The monoisotopic (exact) mass is 371 g/mol. The molecular formula is C19H21N3OS2. The summed E-state index contributed by atoms with van der Waals surface area (Å²) in [5.41, 5.74) is 4.15. The average molecular weight is 372 g/mol. The van der Waals surface area contributed by atoms with Crippen LogP contribution in [0.25, 0.3) is 11.3 Å². The molecule has 0 aliphatic rings. The predicted octanol–water partition coefficient (Wildman–Crippen LogP) is 4.39. The van der Waals surface area contributed by atoms with Crippen LogP contribution in [0.4, 0.5) is 0 Å². The van der Waals surface area contributed by atoms with E-state index in [-0.39, 0.29) is 5.91 Å². The van der Waals surface area contributed by atoms with Gasteiger partial charge in [0.25, 0.3) is 0 Å². The number of thiazole rings is 2. The Morgan fingerprint density at radius 2 is 1.80 bits per heavy atom. The first-order chi connectivity index (χ1) is 11.9. The molecule has 4 nitrogen and oxygen atoms in total. The number of hydrogen-bond acceptors (Lipinski definition) is 5. The number of carbonyl (C=O) groups is 1. The minimum atomic E-state index is 0.0858. The van der Waals surface area contributed by atoms with Crippen LogP contribution in [-0.2, 0) is 17.8 Å². The third kappa shape index (κ3) is 4.32. The molecule has 0 aliphatic carbocycles. The van der Waals surface area contributed by atoms with Gasteiger partial charge in [-0.3, -0.25) is 4.79 Å². The van der Waals surface area contributed by atoms with Crippen molar-refractivity contribution in [3.8, 4) is 11.3 Å². The van der Waals surface area contributed by atoms with Crippen molar-refractivity contribution < 1.29 is 4.79 Å². The minimum absolute atomic E-state index is 0.0858. The summed E-state index contributed by atoms with van der Waals surface area (Å²) in [6.07, 6.45) is 0.369. The molecule has 0 aliphatic heterocycles. The van der Waals surface area contributed by atoms with E-state index in [0.717, 1.165) is 31.8 Å². The van der Waals surface area contributed by atoms with Crippen LogP contribution in [-0.4, -0.2) is 27.8 Å². The van der Waals surface area contributed by atoms with Crippen LogP contribution in [0.2, 0.25) is 0 Å². The van der Waals surface area contributed by atoms with Gasteiger partial charge in [-0.05, 0) is 20.8 Å². The molecule has 2 aromatic heterocycles. The van der Waals surface area contributed by atoms with E-state index < -0.39 is 0 Å². The number of rotatable bonds is 5. The normalized spacial score (nSPS) is 10.9. The molecule has 0 fully saturated rings. The second kappa shape index (κ2) is 7.45. The Morgan fingerprint density at radius 1 is 1.08 bits per heavy atom. The van der Waals surface area contributed by atoms with Gasteiger partial charge in [-0.25, -0.2) is 9.97 Å². The number of hydrogen-bond donors (Lipinski definition) is 0. The lowest BCUT2D eigenvalue weighted by molar-refractivity contribution is -0.129. The van der Waals surface area contributed by atoms with Crippen LogP contribution in [0.3, 0.4) is 0 Å². The van der Waals surface area contributed by atoms with Gasteiger partial charge in [0.2, 0.25) is 5.91 Å². The van der Waals surface area contributed by atoms with Gasteiger partial charge in [-0.2, -0.15) is 0 Å². The van der Waals surface area contributed by atoms with E-state index >= 15 is 0 Å². The van der Waals surface area contributed by atoms with Gasteiger partial charge >= 0.3 is 0 Å². The van der Waals surface area contributed by atoms with E-state index in [4.69, 9.17) is 0 Å². The fourth-order valence-electron chi connectivity index (χ4n) is 2.61. The van der Waals surface area contributed by atoms with Crippen LogP contribution < -0.4 is 0 Å². The summed E-state index contributed by atoms with van der Waals surface area (Å²) in [7, 11) is 1.83. The summed E-state index contributed by atoms with van der Waals surface area (Å²) in [6.45, 7) is 6.57. The Morgan fingerprint density at radius 3 is 2.44 bits per heavy atom. The second-order valence-electron chi connectivity index (χ2n) is 6.16. The number of amides is 1. The number of benzene rings is 1. The maximum Gasteiger partial charge on any atom is 0.228 e. The molecule has 0 bridgehead atoms.